The van der Waals surface area contributed by atoms with Gasteiger partial charge in [0.05, 0.1) is 18.6 Å². The number of hydrogen-bond acceptors (Lipinski definition) is 3. The molecule has 3 aromatic heterocycles. The molecule has 0 aliphatic heterocycles. The first-order valence-corrected chi connectivity index (χ1v) is 7.00. The first kappa shape index (κ1) is 13.1. The molecule has 0 atom stereocenters. The molecule has 6 heteroatoms. The lowest BCUT2D eigenvalue weighted by molar-refractivity contribution is 0.727. The predicted molar refractivity (Wildman–Crippen MR) is 78.9 cm³/mol. The molecule has 0 fully saturated rings. The molecule has 5 nitrogen and oxygen atoms in total. The second-order valence-electron chi connectivity index (χ2n) is 4.92. The average molecular weight is 290 g/mol. The Bertz CT molecular complexity index is 771. The Morgan fingerprint density at radius 3 is 2.65 bits per heavy atom. The summed E-state index contributed by atoms with van der Waals surface area (Å²) in [5.41, 5.74) is 5.03. The Hall–Kier alpha value is -1.88. The molecule has 3 heterocycles. The normalized spacial score (nSPS) is 11.4. The molecule has 0 aromatic carbocycles. The van der Waals surface area contributed by atoms with Crippen LogP contribution in [0.3, 0.4) is 0 Å². The van der Waals surface area contributed by atoms with Crippen LogP contribution in [0.2, 0.25) is 0 Å². The van der Waals surface area contributed by atoms with Gasteiger partial charge in [0.15, 0.2) is 5.65 Å². The topological polar surface area (TPSA) is 48.5 Å². The number of aromatic nitrogens is 5. The van der Waals surface area contributed by atoms with E-state index in [1.54, 1.807) is 0 Å². The predicted octanol–water partition coefficient (Wildman–Crippen LogP) is 2.57. The van der Waals surface area contributed by atoms with Crippen molar-refractivity contribution in [3.05, 3.63) is 41.1 Å². The fourth-order valence-corrected chi connectivity index (χ4v) is 2.49. The molecule has 0 radical (unpaired) electrons. The van der Waals surface area contributed by atoms with Crippen LogP contribution < -0.4 is 0 Å². The molecular weight excluding hydrogens is 274 g/mol. The van der Waals surface area contributed by atoms with Crippen molar-refractivity contribution in [3.63, 3.8) is 0 Å². The van der Waals surface area contributed by atoms with E-state index in [1.165, 1.54) is 0 Å². The van der Waals surface area contributed by atoms with Gasteiger partial charge in [0.25, 0.3) is 0 Å². The average Bonchev–Trinajstić information content (AvgIpc) is 2.94. The Balaban J connectivity index is 2.14. The second-order valence-corrected chi connectivity index (χ2v) is 5.19. The maximum atomic E-state index is 6.02. The number of nitrogens with zero attached hydrogens (tertiary/aromatic N) is 5. The van der Waals surface area contributed by atoms with Gasteiger partial charge in [0.1, 0.15) is 11.3 Å². The number of aryl methyl sites for hydroxylation is 2. The largest absolute Gasteiger partial charge is 0.307 e. The molecule has 0 spiro atoms. The van der Waals surface area contributed by atoms with Crippen molar-refractivity contribution in [2.45, 2.75) is 26.3 Å². The van der Waals surface area contributed by atoms with Gasteiger partial charge in [-0.1, -0.05) is 0 Å². The number of hydrogen-bond donors (Lipinski definition) is 0. The van der Waals surface area contributed by atoms with Gasteiger partial charge >= 0.3 is 0 Å². The highest BCUT2D eigenvalue weighted by atomic mass is 35.5. The molecule has 20 heavy (non-hydrogen) atoms. The minimum absolute atomic E-state index is 0.370. The van der Waals surface area contributed by atoms with Crippen LogP contribution in [0.5, 0.6) is 0 Å². The van der Waals surface area contributed by atoms with Crippen LogP contribution in [-0.4, -0.2) is 24.3 Å². The molecule has 0 aliphatic carbocycles. The first-order valence-electron chi connectivity index (χ1n) is 6.46. The lowest BCUT2D eigenvalue weighted by atomic mass is 10.2. The van der Waals surface area contributed by atoms with Crippen molar-refractivity contribution >= 4 is 22.8 Å². The first-order chi connectivity index (χ1) is 9.60. The maximum absolute atomic E-state index is 6.02. The molecule has 0 amide bonds. The number of imidazole rings is 1. The van der Waals surface area contributed by atoms with Gasteiger partial charge in [-0.15, -0.1) is 11.6 Å². The standard InChI is InChI=1S/C14H16ClN5/c1-9-4-5-12-14(17-9)20(13(6-15)18-12)8-11-7-16-19(3)10(11)2/h4-5,7H,6,8H2,1-3H3. The zero-order chi connectivity index (χ0) is 14.3. The lowest BCUT2D eigenvalue weighted by Crippen LogP contribution is -2.06. The van der Waals surface area contributed by atoms with Gasteiger partial charge < -0.3 is 4.57 Å². The molecule has 3 aromatic rings. The van der Waals surface area contributed by atoms with Crippen molar-refractivity contribution in [2.24, 2.45) is 7.05 Å². The fraction of sp³-hybridized carbons (Fsp3) is 0.357. The summed E-state index contributed by atoms with van der Waals surface area (Å²) in [5, 5.41) is 4.28. The molecule has 0 unspecified atom stereocenters. The number of pyridine rings is 1. The Morgan fingerprint density at radius 1 is 1.20 bits per heavy atom. The van der Waals surface area contributed by atoms with E-state index in [1.807, 2.05) is 37.0 Å². The zero-order valence-electron chi connectivity index (χ0n) is 11.8. The highest BCUT2D eigenvalue weighted by Gasteiger charge is 2.14. The highest BCUT2D eigenvalue weighted by molar-refractivity contribution is 6.16. The lowest BCUT2D eigenvalue weighted by Gasteiger charge is -2.07. The molecule has 104 valence electrons. The molecule has 3 rings (SSSR count). The smallest absolute Gasteiger partial charge is 0.160 e. The maximum Gasteiger partial charge on any atom is 0.160 e. The summed E-state index contributed by atoms with van der Waals surface area (Å²) in [5.74, 6) is 1.21. The summed E-state index contributed by atoms with van der Waals surface area (Å²) >= 11 is 6.02. The van der Waals surface area contributed by atoms with Crippen LogP contribution >= 0.6 is 11.6 Å². The zero-order valence-corrected chi connectivity index (χ0v) is 12.5. The number of halogens is 1. The van der Waals surface area contributed by atoms with Gasteiger partial charge in [0.2, 0.25) is 0 Å². The monoisotopic (exact) mass is 289 g/mol. The van der Waals surface area contributed by atoms with Crippen LogP contribution in [0, 0.1) is 13.8 Å². The van der Waals surface area contributed by atoms with Gasteiger partial charge in [-0.3, -0.25) is 4.68 Å². The molecule has 0 N–H and O–H groups in total. The van der Waals surface area contributed by atoms with Crippen LogP contribution in [0.1, 0.15) is 22.8 Å². The Morgan fingerprint density at radius 2 is 2.00 bits per heavy atom. The van der Waals surface area contributed by atoms with Crippen LogP contribution in [-0.2, 0) is 19.5 Å². The highest BCUT2D eigenvalue weighted by Crippen LogP contribution is 2.19. The van der Waals surface area contributed by atoms with Crippen molar-refractivity contribution in [3.8, 4) is 0 Å². The Kier molecular flexibility index (Phi) is 3.22. The summed E-state index contributed by atoms with van der Waals surface area (Å²) in [6, 6.07) is 3.95. The van der Waals surface area contributed by atoms with E-state index in [-0.39, 0.29) is 0 Å². The summed E-state index contributed by atoms with van der Waals surface area (Å²) in [6.07, 6.45) is 1.88. The quantitative estimate of drug-likeness (QED) is 0.696. The van der Waals surface area contributed by atoms with Gasteiger partial charge in [-0.2, -0.15) is 5.10 Å². The van der Waals surface area contributed by atoms with E-state index in [9.17, 15) is 0 Å². The third kappa shape index (κ3) is 2.08. The minimum Gasteiger partial charge on any atom is -0.307 e. The summed E-state index contributed by atoms with van der Waals surface area (Å²) in [4.78, 5) is 9.14. The van der Waals surface area contributed by atoms with Gasteiger partial charge in [-0.25, -0.2) is 9.97 Å². The number of alkyl halides is 1. The fourth-order valence-electron chi connectivity index (χ4n) is 2.28. The van der Waals surface area contributed by atoms with Crippen molar-refractivity contribution in [1.29, 1.82) is 0 Å². The van der Waals surface area contributed by atoms with Gasteiger partial charge in [-0.05, 0) is 26.0 Å². The summed E-state index contributed by atoms with van der Waals surface area (Å²) in [7, 11) is 1.94. The van der Waals surface area contributed by atoms with E-state index >= 15 is 0 Å². The van der Waals surface area contributed by atoms with Crippen LogP contribution in [0.15, 0.2) is 18.3 Å². The van der Waals surface area contributed by atoms with Gasteiger partial charge in [0, 0.05) is 24.0 Å². The van der Waals surface area contributed by atoms with E-state index in [2.05, 4.69) is 26.6 Å². The molecular formula is C14H16ClN5. The van der Waals surface area contributed by atoms with Crippen molar-refractivity contribution < 1.29 is 0 Å². The molecule has 0 saturated carbocycles. The SMILES string of the molecule is Cc1ccc2nc(CCl)n(Cc3cnn(C)c3C)c2n1. The van der Waals surface area contributed by atoms with Crippen molar-refractivity contribution in [1.82, 2.24) is 24.3 Å². The summed E-state index contributed by atoms with van der Waals surface area (Å²) < 4.78 is 3.94. The molecule has 0 saturated heterocycles. The van der Waals surface area contributed by atoms with E-state index < -0.39 is 0 Å². The second kappa shape index (κ2) is 4.90. The van der Waals surface area contributed by atoms with Crippen molar-refractivity contribution in [2.75, 3.05) is 0 Å². The van der Waals surface area contributed by atoms with E-state index in [0.717, 1.165) is 33.9 Å². The van der Waals surface area contributed by atoms with E-state index in [0.29, 0.717) is 12.4 Å². The number of rotatable bonds is 3. The molecule has 0 bridgehead atoms. The molecule has 0 aliphatic rings. The number of fused-ring (bicyclic) bond motifs is 1. The summed E-state index contributed by atoms with van der Waals surface area (Å²) in [6.45, 7) is 4.72. The minimum atomic E-state index is 0.370. The Labute approximate surface area is 122 Å². The van der Waals surface area contributed by atoms with Crippen LogP contribution in [0.4, 0.5) is 0 Å². The van der Waals surface area contributed by atoms with E-state index in [4.69, 9.17) is 11.6 Å². The third-order valence-electron chi connectivity index (χ3n) is 3.60. The van der Waals surface area contributed by atoms with Crippen LogP contribution in [0.25, 0.3) is 11.2 Å². The third-order valence-corrected chi connectivity index (χ3v) is 3.83.